The third kappa shape index (κ3) is 5.65. The van der Waals surface area contributed by atoms with E-state index in [0.29, 0.717) is 36.7 Å². The number of imidazole rings is 1. The highest BCUT2D eigenvalue weighted by Gasteiger charge is 2.47. The number of ether oxygens (including phenoxy) is 1. The van der Waals surface area contributed by atoms with Crippen molar-refractivity contribution in [3.05, 3.63) is 83.4 Å². The summed E-state index contributed by atoms with van der Waals surface area (Å²) in [5.74, 6) is -0.277. The Morgan fingerprint density at radius 3 is 2.30 bits per heavy atom. The highest BCUT2D eigenvalue weighted by atomic mass is 19.1. The van der Waals surface area contributed by atoms with Gasteiger partial charge in [-0.1, -0.05) is 24.3 Å². The maximum atomic E-state index is 13.9. The first-order valence-corrected chi connectivity index (χ1v) is 15.2. The molecule has 5 aromatic rings. The van der Waals surface area contributed by atoms with Gasteiger partial charge in [-0.05, 0) is 54.0 Å². The predicted molar refractivity (Wildman–Crippen MR) is 163 cm³/mol. The van der Waals surface area contributed by atoms with Crippen molar-refractivity contribution in [1.29, 1.82) is 0 Å². The van der Waals surface area contributed by atoms with Crippen molar-refractivity contribution < 1.29 is 28.8 Å². The summed E-state index contributed by atoms with van der Waals surface area (Å²) in [6.07, 6.45) is -2.82. The minimum absolute atomic E-state index is 0.0856. The normalized spacial score (nSPS) is 23.2. The fourth-order valence-corrected chi connectivity index (χ4v) is 5.96. The molecule has 17 heteroatoms. The van der Waals surface area contributed by atoms with Crippen molar-refractivity contribution in [3.63, 3.8) is 0 Å². The van der Waals surface area contributed by atoms with Crippen LogP contribution in [-0.2, 0) is 16.9 Å². The van der Waals surface area contributed by atoms with Gasteiger partial charge in [0.1, 0.15) is 29.4 Å². The van der Waals surface area contributed by atoms with E-state index in [1.807, 2.05) is 11.8 Å². The first-order chi connectivity index (χ1) is 22.6. The average molecular weight is 650 g/mol. The maximum Gasteiger partial charge on any atom is 0.229 e. The van der Waals surface area contributed by atoms with Gasteiger partial charge in [-0.3, -0.25) is 4.57 Å². The number of fused-ring (bicyclic) bond motifs is 1. The SMILES string of the molecule is CCn1nnc([C@H]2O[C@@H](n3cnc4c(NCC(O)(c5ccc(F)cc5)c5ccc(F)cc5)nc(N5CC[C@@H](N)C5)nc43)[C@H](O)[C@@H]2O)n1. The lowest BCUT2D eigenvalue weighted by molar-refractivity contribution is -0.0384. The zero-order valence-corrected chi connectivity index (χ0v) is 25.2. The zero-order chi connectivity index (χ0) is 32.9. The van der Waals surface area contributed by atoms with Crippen LogP contribution in [0, 0.1) is 11.6 Å². The second kappa shape index (κ2) is 12.2. The summed E-state index contributed by atoms with van der Waals surface area (Å²) in [6, 6.07) is 10.7. The van der Waals surface area contributed by atoms with Gasteiger partial charge >= 0.3 is 0 Å². The Morgan fingerprint density at radius 2 is 1.70 bits per heavy atom. The molecule has 2 aliphatic rings. The smallest absolute Gasteiger partial charge is 0.229 e. The summed E-state index contributed by atoms with van der Waals surface area (Å²) in [7, 11) is 0. The Balaban J connectivity index is 1.27. The first-order valence-electron chi connectivity index (χ1n) is 15.2. The van der Waals surface area contributed by atoms with Gasteiger partial charge in [-0.2, -0.15) is 14.8 Å². The molecule has 5 atom stereocenters. The Bertz CT molecular complexity index is 1820. The van der Waals surface area contributed by atoms with Crippen LogP contribution in [0.1, 0.15) is 42.6 Å². The molecule has 5 heterocycles. The van der Waals surface area contributed by atoms with Crippen LogP contribution in [0.2, 0.25) is 0 Å². The van der Waals surface area contributed by atoms with E-state index in [9.17, 15) is 24.1 Å². The van der Waals surface area contributed by atoms with Crippen LogP contribution in [0.4, 0.5) is 20.5 Å². The quantitative estimate of drug-likeness (QED) is 0.152. The van der Waals surface area contributed by atoms with Gasteiger partial charge in [-0.15, -0.1) is 10.2 Å². The average Bonchev–Trinajstić information content (AvgIpc) is 3.88. The van der Waals surface area contributed by atoms with Gasteiger partial charge in [0.15, 0.2) is 29.3 Å². The Kier molecular flexibility index (Phi) is 8.01. The maximum absolute atomic E-state index is 13.9. The first kappa shape index (κ1) is 30.9. The van der Waals surface area contributed by atoms with Crippen molar-refractivity contribution in [1.82, 2.24) is 39.7 Å². The van der Waals surface area contributed by atoms with Crippen molar-refractivity contribution in [2.75, 3.05) is 29.9 Å². The predicted octanol–water partition coefficient (Wildman–Crippen LogP) is 0.988. The molecule has 0 amide bonds. The molecule has 0 saturated carbocycles. The number of aliphatic hydroxyl groups is 3. The van der Waals surface area contributed by atoms with Crippen molar-refractivity contribution in [3.8, 4) is 0 Å². The standard InChI is InChI=1S/C30H33F2N11O4/c1-2-43-39-26(38-40-43)24-22(44)23(45)28(47-24)42-15-35-21-25(36-29(37-27(21)42)41-12-11-20(33)13-41)34-14-30(46,16-3-7-18(31)8-4-16)17-5-9-19(32)10-6-17/h3-10,15,20,22-24,28,44-46H,2,11-14,33H2,1H3,(H,34,36,37)/t20-,22+,23-,24+,28-/m1/s1. The summed E-state index contributed by atoms with van der Waals surface area (Å²) in [5, 5.41) is 49.4. The van der Waals surface area contributed by atoms with Crippen molar-refractivity contribution >= 4 is 22.9 Å². The largest absolute Gasteiger partial charge is 0.387 e. The fourth-order valence-electron chi connectivity index (χ4n) is 5.96. The van der Waals surface area contributed by atoms with Gasteiger partial charge in [-0.25, -0.2) is 13.8 Å². The second-order valence-electron chi connectivity index (χ2n) is 11.7. The third-order valence-electron chi connectivity index (χ3n) is 8.59. The summed E-state index contributed by atoms with van der Waals surface area (Å²) in [5.41, 5.74) is 5.70. The number of anilines is 2. The van der Waals surface area contributed by atoms with Crippen LogP contribution in [-0.4, -0.2) is 92.9 Å². The number of benzene rings is 2. The lowest BCUT2D eigenvalue weighted by Crippen LogP contribution is -2.36. The second-order valence-corrected chi connectivity index (χ2v) is 11.7. The number of hydrogen-bond donors (Lipinski definition) is 5. The highest BCUT2D eigenvalue weighted by Crippen LogP contribution is 2.39. The molecule has 2 aromatic carbocycles. The third-order valence-corrected chi connectivity index (χ3v) is 8.59. The van der Waals surface area contributed by atoms with Crippen molar-refractivity contribution in [2.24, 2.45) is 5.73 Å². The number of rotatable bonds is 9. The molecular formula is C30H33F2N11O4. The van der Waals surface area contributed by atoms with Crippen LogP contribution in [0.5, 0.6) is 0 Å². The lowest BCUT2D eigenvalue weighted by atomic mass is 9.86. The summed E-state index contributed by atoms with van der Waals surface area (Å²) in [4.78, 5) is 17.3. The molecule has 7 rings (SSSR count). The van der Waals surface area contributed by atoms with Crippen LogP contribution in [0.15, 0.2) is 54.9 Å². The van der Waals surface area contributed by atoms with Crippen LogP contribution in [0.25, 0.3) is 11.2 Å². The molecule has 0 radical (unpaired) electrons. The van der Waals surface area contributed by atoms with E-state index in [-0.39, 0.29) is 35.4 Å². The van der Waals surface area contributed by atoms with E-state index >= 15 is 0 Å². The fraction of sp³-hybridized carbons (Fsp3) is 0.400. The number of hydrogen-bond acceptors (Lipinski definition) is 13. The molecule has 2 saturated heterocycles. The van der Waals surface area contributed by atoms with E-state index in [1.165, 1.54) is 64.2 Å². The van der Waals surface area contributed by atoms with Gasteiger partial charge in [0, 0.05) is 19.1 Å². The molecule has 246 valence electrons. The van der Waals surface area contributed by atoms with Crippen LogP contribution < -0.4 is 16.0 Å². The van der Waals surface area contributed by atoms with Gasteiger partial charge in [0.25, 0.3) is 0 Å². The monoisotopic (exact) mass is 649 g/mol. The van der Waals surface area contributed by atoms with Crippen LogP contribution >= 0.6 is 0 Å². The molecule has 15 nitrogen and oxygen atoms in total. The van der Waals surface area contributed by atoms with Gasteiger partial charge in [0.2, 0.25) is 11.8 Å². The number of halogens is 2. The van der Waals surface area contributed by atoms with Crippen LogP contribution in [0.3, 0.4) is 0 Å². The summed E-state index contributed by atoms with van der Waals surface area (Å²) >= 11 is 0. The van der Waals surface area contributed by atoms with Crippen molar-refractivity contribution in [2.45, 2.75) is 56.1 Å². The lowest BCUT2D eigenvalue weighted by Gasteiger charge is -2.30. The van der Waals surface area contributed by atoms with E-state index in [2.05, 4.69) is 25.7 Å². The van der Waals surface area contributed by atoms with Gasteiger partial charge < -0.3 is 36.0 Å². The molecule has 2 fully saturated rings. The molecule has 6 N–H and O–H groups in total. The zero-order valence-electron chi connectivity index (χ0n) is 25.2. The Labute approximate surface area is 266 Å². The molecule has 0 spiro atoms. The summed E-state index contributed by atoms with van der Waals surface area (Å²) < 4.78 is 35.3. The van der Waals surface area contributed by atoms with E-state index in [1.54, 1.807) is 0 Å². The number of nitrogens with zero attached hydrogens (tertiary/aromatic N) is 9. The number of aliphatic hydroxyl groups excluding tert-OH is 2. The summed E-state index contributed by atoms with van der Waals surface area (Å²) in [6.45, 7) is 3.21. The minimum Gasteiger partial charge on any atom is -0.387 e. The van der Waals surface area contributed by atoms with E-state index in [4.69, 9.17) is 20.4 Å². The molecular weight excluding hydrogens is 616 g/mol. The number of tetrazole rings is 1. The Morgan fingerprint density at radius 1 is 1.02 bits per heavy atom. The number of nitrogens with two attached hydrogens (primary N) is 1. The number of aromatic nitrogens is 8. The molecule has 0 unspecified atom stereocenters. The topological polar surface area (TPSA) is 198 Å². The molecule has 0 bridgehead atoms. The molecule has 47 heavy (non-hydrogen) atoms. The molecule has 3 aromatic heterocycles. The molecule has 0 aliphatic carbocycles. The highest BCUT2D eigenvalue weighted by molar-refractivity contribution is 5.84. The minimum atomic E-state index is -1.75. The van der Waals surface area contributed by atoms with E-state index in [0.717, 1.165) is 6.42 Å². The number of nitrogens with one attached hydrogen (secondary N) is 1. The molecule has 2 aliphatic heterocycles. The van der Waals surface area contributed by atoms with Gasteiger partial charge in [0.05, 0.1) is 19.4 Å². The number of aryl methyl sites for hydroxylation is 1. The Hall–Kier alpha value is -4.68. The van der Waals surface area contributed by atoms with E-state index < -0.39 is 41.8 Å².